The van der Waals surface area contributed by atoms with Crippen LogP contribution in [0, 0.1) is 11.3 Å². The average molecular weight is 291 g/mol. The number of hydrogen-bond acceptors (Lipinski definition) is 6. The number of rotatable bonds is 1. The van der Waals surface area contributed by atoms with E-state index in [1.165, 1.54) is 11.1 Å². The standard InChI is InChI=1S/C16H13N5O/c17-6-14-19-7-13(8-20-14)10-1-2-11-4-16(5-12(11)3-10)9-22-15(18)21-16/h1-3,7-8H,4-5,9H2,(H2,18,21). The highest BCUT2D eigenvalue weighted by Crippen LogP contribution is 2.37. The summed E-state index contributed by atoms with van der Waals surface area (Å²) in [6.45, 7) is 0.544. The monoisotopic (exact) mass is 291 g/mol. The first-order chi connectivity index (χ1) is 10.7. The molecule has 1 aliphatic carbocycles. The molecular formula is C16H13N5O. The van der Waals surface area contributed by atoms with E-state index >= 15 is 0 Å². The van der Waals surface area contributed by atoms with Gasteiger partial charge in [0.2, 0.25) is 5.82 Å². The lowest BCUT2D eigenvalue weighted by atomic mass is 9.98. The zero-order chi connectivity index (χ0) is 15.2. The lowest BCUT2D eigenvalue weighted by molar-refractivity contribution is 0.258. The van der Waals surface area contributed by atoms with Gasteiger partial charge >= 0.3 is 0 Å². The number of nitriles is 1. The molecule has 0 saturated carbocycles. The molecule has 0 amide bonds. The van der Waals surface area contributed by atoms with Crippen molar-refractivity contribution in [1.82, 2.24) is 9.97 Å². The minimum atomic E-state index is -0.230. The third-order valence-corrected chi connectivity index (χ3v) is 4.17. The van der Waals surface area contributed by atoms with Crippen LogP contribution in [-0.4, -0.2) is 28.1 Å². The molecule has 6 nitrogen and oxygen atoms in total. The first-order valence-corrected chi connectivity index (χ1v) is 7.00. The van der Waals surface area contributed by atoms with Crippen LogP contribution in [0.5, 0.6) is 0 Å². The van der Waals surface area contributed by atoms with Crippen LogP contribution in [0.25, 0.3) is 11.1 Å². The minimum absolute atomic E-state index is 0.178. The number of ether oxygens (including phenoxy) is 1. The predicted octanol–water partition coefficient (Wildman–Crippen LogP) is 1.20. The second kappa shape index (κ2) is 4.53. The maximum atomic E-state index is 8.76. The minimum Gasteiger partial charge on any atom is -0.463 e. The van der Waals surface area contributed by atoms with Gasteiger partial charge in [0, 0.05) is 30.8 Å². The fraction of sp³-hybridized carbons (Fsp3) is 0.250. The largest absolute Gasteiger partial charge is 0.463 e. The van der Waals surface area contributed by atoms with Crippen LogP contribution in [0.4, 0.5) is 0 Å². The van der Waals surface area contributed by atoms with Crippen LogP contribution in [0.3, 0.4) is 0 Å². The van der Waals surface area contributed by atoms with Crippen molar-refractivity contribution in [3.63, 3.8) is 0 Å². The fourth-order valence-corrected chi connectivity index (χ4v) is 3.14. The Morgan fingerprint density at radius 3 is 2.59 bits per heavy atom. The van der Waals surface area contributed by atoms with Crippen LogP contribution in [0.2, 0.25) is 0 Å². The number of aromatic nitrogens is 2. The number of amidine groups is 1. The zero-order valence-corrected chi connectivity index (χ0v) is 11.8. The molecule has 22 heavy (non-hydrogen) atoms. The summed E-state index contributed by atoms with van der Waals surface area (Å²) < 4.78 is 5.34. The van der Waals surface area contributed by atoms with Gasteiger partial charge in [-0.05, 0) is 16.7 Å². The molecule has 1 aliphatic heterocycles. The summed E-state index contributed by atoms with van der Waals surface area (Å²) in [6.07, 6.45) is 5.03. The van der Waals surface area contributed by atoms with Crippen molar-refractivity contribution in [3.05, 3.63) is 47.5 Å². The van der Waals surface area contributed by atoms with E-state index in [0.29, 0.717) is 6.61 Å². The molecule has 1 atom stereocenters. The van der Waals surface area contributed by atoms with Crippen molar-refractivity contribution in [2.75, 3.05) is 6.61 Å². The Hall–Kier alpha value is -2.94. The van der Waals surface area contributed by atoms with Gasteiger partial charge in [-0.3, -0.25) is 0 Å². The molecule has 4 rings (SSSR count). The highest BCUT2D eigenvalue weighted by molar-refractivity contribution is 5.74. The quantitative estimate of drug-likeness (QED) is 0.851. The number of fused-ring (bicyclic) bond motifs is 1. The third-order valence-electron chi connectivity index (χ3n) is 4.17. The van der Waals surface area contributed by atoms with Gasteiger partial charge in [0.15, 0.2) is 0 Å². The summed E-state index contributed by atoms with van der Waals surface area (Å²) in [4.78, 5) is 12.5. The van der Waals surface area contributed by atoms with Gasteiger partial charge in [-0.1, -0.05) is 18.2 Å². The van der Waals surface area contributed by atoms with Crippen molar-refractivity contribution < 1.29 is 4.74 Å². The molecule has 2 aliphatic rings. The van der Waals surface area contributed by atoms with Gasteiger partial charge in [-0.15, -0.1) is 0 Å². The van der Waals surface area contributed by atoms with Crippen LogP contribution in [-0.2, 0) is 17.6 Å². The van der Waals surface area contributed by atoms with Gasteiger partial charge in [-0.25, -0.2) is 15.0 Å². The first-order valence-electron chi connectivity index (χ1n) is 7.00. The second-order valence-electron chi connectivity index (χ2n) is 5.71. The smallest absolute Gasteiger partial charge is 0.282 e. The van der Waals surface area contributed by atoms with E-state index in [1.54, 1.807) is 12.4 Å². The van der Waals surface area contributed by atoms with Crippen molar-refractivity contribution in [1.29, 1.82) is 5.26 Å². The molecule has 108 valence electrons. The normalized spacial score (nSPS) is 22.0. The van der Waals surface area contributed by atoms with Crippen molar-refractivity contribution in [3.8, 4) is 17.2 Å². The molecule has 1 aromatic heterocycles. The van der Waals surface area contributed by atoms with Gasteiger partial charge in [-0.2, -0.15) is 5.26 Å². The number of aliphatic imine (C=N–C) groups is 1. The van der Waals surface area contributed by atoms with Crippen LogP contribution < -0.4 is 5.73 Å². The topological polar surface area (TPSA) is 97.2 Å². The molecule has 0 radical (unpaired) electrons. The number of nitrogens with zero attached hydrogens (tertiary/aromatic N) is 4. The van der Waals surface area contributed by atoms with E-state index in [-0.39, 0.29) is 17.4 Å². The Labute approximate surface area is 127 Å². The summed E-state index contributed by atoms with van der Waals surface area (Å²) in [7, 11) is 0. The molecule has 0 fully saturated rings. The third kappa shape index (κ3) is 1.99. The molecule has 2 N–H and O–H groups in total. The number of hydrogen-bond donors (Lipinski definition) is 1. The average Bonchev–Trinajstić information content (AvgIpc) is 3.08. The van der Waals surface area contributed by atoms with Crippen molar-refractivity contribution in [2.45, 2.75) is 18.4 Å². The van der Waals surface area contributed by atoms with Gasteiger partial charge < -0.3 is 10.5 Å². The SMILES string of the molecule is N#Cc1ncc(-c2ccc3c(c2)CC2(COC(N)=N2)C3)cn1. The molecule has 1 spiro atoms. The van der Waals surface area contributed by atoms with E-state index in [1.807, 2.05) is 12.1 Å². The summed E-state index contributed by atoms with van der Waals surface area (Å²) in [5, 5.41) is 8.76. The molecule has 1 aromatic carbocycles. The fourth-order valence-electron chi connectivity index (χ4n) is 3.14. The Morgan fingerprint density at radius 2 is 1.91 bits per heavy atom. The van der Waals surface area contributed by atoms with E-state index < -0.39 is 0 Å². The predicted molar refractivity (Wildman–Crippen MR) is 79.9 cm³/mol. The van der Waals surface area contributed by atoms with Crippen LogP contribution in [0.1, 0.15) is 17.0 Å². The summed E-state index contributed by atoms with van der Waals surface area (Å²) in [5.74, 6) is 0.178. The number of nitrogens with two attached hydrogens (primary N) is 1. The maximum Gasteiger partial charge on any atom is 0.282 e. The molecule has 0 saturated heterocycles. The van der Waals surface area contributed by atoms with Crippen molar-refractivity contribution in [2.24, 2.45) is 10.7 Å². The maximum absolute atomic E-state index is 8.76. The van der Waals surface area contributed by atoms with Crippen molar-refractivity contribution >= 4 is 6.02 Å². The molecule has 2 aromatic rings. The van der Waals surface area contributed by atoms with Gasteiger partial charge in [0.05, 0.1) is 0 Å². The summed E-state index contributed by atoms with van der Waals surface area (Å²) in [5.41, 5.74) is 9.89. The Bertz CT molecular complexity index is 821. The molecule has 2 heterocycles. The molecule has 0 bridgehead atoms. The van der Waals surface area contributed by atoms with Crippen LogP contribution >= 0.6 is 0 Å². The van der Waals surface area contributed by atoms with Gasteiger partial charge in [0.1, 0.15) is 18.2 Å². The Kier molecular flexibility index (Phi) is 2.63. The highest BCUT2D eigenvalue weighted by Gasteiger charge is 2.41. The molecule has 6 heteroatoms. The highest BCUT2D eigenvalue weighted by atomic mass is 16.5. The zero-order valence-electron chi connectivity index (χ0n) is 11.8. The second-order valence-corrected chi connectivity index (χ2v) is 5.71. The number of benzene rings is 1. The van der Waals surface area contributed by atoms with E-state index in [2.05, 4.69) is 27.1 Å². The molecular weight excluding hydrogens is 278 g/mol. The lowest BCUT2D eigenvalue weighted by Crippen LogP contribution is -2.28. The first kappa shape index (κ1) is 12.8. The van der Waals surface area contributed by atoms with Gasteiger partial charge in [0.25, 0.3) is 6.02 Å². The summed E-state index contributed by atoms with van der Waals surface area (Å²) >= 11 is 0. The Balaban J connectivity index is 1.67. The molecule has 1 unspecified atom stereocenters. The summed E-state index contributed by atoms with van der Waals surface area (Å²) in [6, 6.07) is 8.50. The van der Waals surface area contributed by atoms with Crippen LogP contribution in [0.15, 0.2) is 35.6 Å². The lowest BCUT2D eigenvalue weighted by Gasteiger charge is -2.15. The van der Waals surface area contributed by atoms with E-state index in [4.69, 9.17) is 15.7 Å². The Morgan fingerprint density at radius 1 is 1.14 bits per heavy atom. The van der Waals surface area contributed by atoms with E-state index in [0.717, 1.165) is 24.0 Å². The van der Waals surface area contributed by atoms with E-state index in [9.17, 15) is 0 Å².